The Morgan fingerprint density at radius 1 is 0.750 bits per heavy atom. The second kappa shape index (κ2) is 12.0. The highest BCUT2D eigenvalue weighted by molar-refractivity contribution is 5.99. The zero-order chi connectivity index (χ0) is 25.5. The summed E-state index contributed by atoms with van der Waals surface area (Å²) in [7, 11) is 3.06. The van der Waals surface area contributed by atoms with Crippen LogP contribution in [0.3, 0.4) is 0 Å². The van der Waals surface area contributed by atoms with Crippen LogP contribution in [0.5, 0.6) is 0 Å². The number of hydrogen-bond acceptors (Lipinski definition) is 6. The highest BCUT2D eigenvalue weighted by atomic mass is 16.5. The van der Waals surface area contributed by atoms with Crippen LogP contribution in [0.1, 0.15) is 76.0 Å². The van der Waals surface area contributed by atoms with Gasteiger partial charge in [-0.2, -0.15) is 0 Å². The largest absolute Gasteiger partial charge is 0.465 e. The van der Waals surface area contributed by atoms with Crippen molar-refractivity contribution >= 4 is 23.5 Å². The van der Waals surface area contributed by atoms with E-state index in [1.54, 1.807) is 19.2 Å². The summed E-state index contributed by atoms with van der Waals surface area (Å²) in [6.45, 7) is 0.941. The molecule has 2 unspecified atom stereocenters. The Balaban J connectivity index is 1.31. The predicted octanol–water partition coefficient (Wildman–Crippen LogP) is 4.32. The quantitative estimate of drug-likeness (QED) is 0.460. The summed E-state index contributed by atoms with van der Waals surface area (Å²) in [6, 6.07) is 13.3. The number of hydrogen-bond donors (Lipinski definition) is 2. The second-order valence-electron chi connectivity index (χ2n) is 9.59. The highest BCUT2D eigenvalue weighted by Gasteiger charge is 2.33. The Hall–Kier alpha value is -3.39. The van der Waals surface area contributed by atoms with Gasteiger partial charge in [0.2, 0.25) is 0 Å². The van der Waals surface area contributed by atoms with Gasteiger partial charge in [0.05, 0.1) is 12.7 Å². The monoisotopic (exact) mass is 493 g/mol. The lowest BCUT2D eigenvalue weighted by Crippen LogP contribution is -2.45. The smallest absolute Gasteiger partial charge is 0.337 e. The molecule has 2 amide bonds. The molecule has 1 aliphatic heterocycles. The number of methoxy groups -OCH3 is 2. The summed E-state index contributed by atoms with van der Waals surface area (Å²) in [6.07, 6.45) is 9.02. The van der Waals surface area contributed by atoms with Crippen LogP contribution < -0.4 is 15.8 Å². The van der Waals surface area contributed by atoms with Crippen LogP contribution in [0, 0.1) is 11.8 Å². The molecular weight excluding hydrogens is 458 g/mol. The van der Waals surface area contributed by atoms with E-state index in [-0.39, 0.29) is 6.23 Å². The number of piperidine rings is 1. The minimum absolute atomic E-state index is 0.0372. The fourth-order valence-corrected chi connectivity index (χ4v) is 5.44. The Labute approximate surface area is 212 Å². The molecule has 2 aromatic rings. The van der Waals surface area contributed by atoms with Crippen molar-refractivity contribution in [1.82, 2.24) is 10.9 Å². The van der Waals surface area contributed by atoms with Gasteiger partial charge in [-0.1, -0.05) is 32.1 Å². The average molecular weight is 494 g/mol. The first-order valence-corrected chi connectivity index (χ1v) is 12.7. The molecule has 2 fully saturated rings. The van der Waals surface area contributed by atoms with E-state index in [0.717, 1.165) is 30.5 Å². The van der Waals surface area contributed by atoms with E-state index in [1.807, 2.05) is 12.1 Å². The highest BCUT2D eigenvalue weighted by Crippen LogP contribution is 2.38. The number of anilines is 1. The number of nitrogens with one attached hydrogen (secondary N) is 2. The molecule has 0 spiro atoms. The van der Waals surface area contributed by atoms with Crippen LogP contribution in [-0.2, 0) is 9.47 Å². The van der Waals surface area contributed by atoms with Crippen LogP contribution in [0.25, 0.3) is 0 Å². The number of esters is 1. The van der Waals surface area contributed by atoms with Gasteiger partial charge in [-0.15, -0.1) is 0 Å². The van der Waals surface area contributed by atoms with Crippen molar-refractivity contribution in [1.29, 1.82) is 0 Å². The summed E-state index contributed by atoms with van der Waals surface area (Å²) >= 11 is 0. The zero-order valence-corrected chi connectivity index (χ0v) is 21.0. The van der Waals surface area contributed by atoms with Gasteiger partial charge < -0.3 is 14.4 Å². The molecule has 4 rings (SSSR count). The van der Waals surface area contributed by atoms with Crippen molar-refractivity contribution in [2.45, 2.75) is 51.2 Å². The summed E-state index contributed by atoms with van der Waals surface area (Å²) in [5, 5.41) is 0. The third-order valence-electron chi connectivity index (χ3n) is 7.50. The van der Waals surface area contributed by atoms with Crippen LogP contribution in [0.2, 0.25) is 0 Å². The second-order valence-corrected chi connectivity index (χ2v) is 9.59. The molecule has 1 aliphatic carbocycles. The molecule has 2 atom stereocenters. The number of benzene rings is 2. The molecule has 0 bridgehead atoms. The maximum atomic E-state index is 12.6. The molecule has 0 aromatic heterocycles. The zero-order valence-electron chi connectivity index (χ0n) is 21.0. The molecule has 1 heterocycles. The Morgan fingerprint density at radius 3 is 1.86 bits per heavy atom. The summed E-state index contributed by atoms with van der Waals surface area (Å²) in [5.74, 6) is 0.159. The number of carbonyl (C=O) groups is 3. The van der Waals surface area contributed by atoms with E-state index in [0.29, 0.717) is 16.7 Å². The molecule has 2 aliphatic rings. The average Bonchev–Trinajstić information content (AvgIpc) is 2.95. The molecule has 2 N–H and O–H groups in total. The van der Waals surface area contributed by atoms with Gasteiger partial charge in [-0.25, -0.2) is 4.79 Å². The lowest BCUT2D eigenvalue weighted by atomic mass is 9.75. The van der Waals surface area contributed by atoms with E-state index in [4.69, 9.17) is 4.74 Å². The number of carbonyl (C=O) groups excluding carboxylic acids is 3. The number of rotatable bonds is 6. The SMILES string of the molecule is COC(=O)c1ccc(C(=O)NNC(=O)c2ccc(N3CCC(C4CCCCC4)CC3OC)cc2)cc1. The number of amides is 2. The van der Waals surface area contributed by atoms with Crippen molar-refractivity contribution in [3.8, 4) is 0 Å². The lowest BCUT2D eigenvalue weighted by molar-refractivity contribution is 0.0400. The van der Waals surface area contributed by atoms with Crippen molar-refractivity contribution in [2.24, 2.45) is 11.8 Å². The van der Waals surface area contributed by atoms with Crippen molar-refractivity contribution in [3.05, 3.63) is 65.2 Å². The minimum Gasteiger partial charge on any atom is -0.465 e. The van der Waals surface area contributed by atoms with E-state index >= 15 is 0 Å². The van der Waals surface area contributed by atoms with Crippen LogP contribution >= 0.6 is 0 Å². The van der Waals surface area contributed by atoms with Gasteiger partial charge in [-0.05, 0) is 73.2 Å². The van der Waals surface area contributed by atoms with E-state index in [9.17, 15) is 14.4 Å². The third-order valence-corrected chi connectivity index (χ3v) is 7.50. The van der Waals surface area contributed by atoms with E-state index in [2.05, 4.69) is 20.5 Å². The third kappa shape index (κ3) is 6.05. The molecule has 8 heteroatoms. The first-order chi connectivity index (χ1) is 17.5. The van der Waals surface area contributed by atoms with Gasteiger partial charge in [0.25, 0.3) is 11.8 Å². The maximum absolute atomic E-state index is 12.6. The number of hydrazine groups is 1. The Bertz CT molecular complexity index is 1050. The molecule has 1 saturated carbocycles. The van der Waals surface area contributed by atoms with Crippen molar-refractivity contribution < 1.29 is 23.9 Å². The molecule has 1 saturated heterocycles. The van der Waals surface area contributed by atoms with E-state index < -0.39 is 17.8 Å². The van der Waals surface area contributed by atoms with Crippen LogP contribution in [-0.4, -0.2) is 44.8 Å². The van der Waals surface area contributed by atoms with Gasteiger partial charge in [0, 0.05) is 30.5 Å². The topological polar surface area (TPSA) is 97.0 Å². The molecule has 8 nitrogen and oxygen atoms in total. The molecule has 2 aromatic carbocycles. The molecule has 192 valence electrons. The van der Waals surface area contributed by atoms with Gasteiger partial charge >= 0.3 is 5.97 Å². The Morgan fingerprint density at radius 2 is 1.31 bits per heavy atom. The van der Waals surface area contributed by atoms with E-state index in [1.165, 1.54) is 69.9 Å². The molecule has 36 heavy (non-hydrogen) atoms. The summed E-state index contributed by atoms with van der Waals surface area (Å²) in [5.41, 5.74) is 6.95. The van der Waals surface area contributed by atoms with Gasteiger partial charge in [0.15, 0.2) is 0 Å². The summed E-state index contributed by atoms with van der Waals surface area (Å²) in [4.78, 5) is 38.7. The van der Waals surface area contributed by atoms with Crippen LogP contribution in [0.4, 0.5) is 5.69 Å². The van der Waals surface area contributed by atoms with Gasteiger partial charge in [0.1, 0.15) is 6.23 Å². The maximum Gasteiger partial charge on any atom is 0.337 e. The molecular formula is C28H35N3O5. The number of nitrogens with zero attached hydrogens (tertiary/aromatic N) is 1. The number of ether oxygens (including phenoxy) is 2. The normalized spacial score (nSPS) is 20.4. The van der Waals surface area contributed by atoms with Gasteiger partial charge in [-0.3, -0.25) is 20.4 Å². The first kappa shape index (κ1) is 25.7. The van der Waals surface area contributed by atoms with Crippen molar-refractivity contribution in [2.75, 3.05) is 25.7 Å². The standard InChI is InChI=1S/C28H35N3O5/c1-35-25-18-23(19-6-4-3-5-7-19)16-17-31(25)24-14-12-21(13-15-24)27(33)30-29-26(32)20-8-10-22(11-9-20)28(34)36-2/h8-15,19,23,25H,3-7,16-18H2,1-2H3,(H,29,32)(H,30,33). The van der Waals surface area contributed by atoms with Crippen molar-refractivity contribution in [3.63, 3.8) is 0 Å². The van der Waals surface area contributed by atoms with Crippen LogP contribution in [0.15, 0.2) is 48.5 Å². The predicted molar refractivity (Wildman–Crippen MR) is 137 cm³/mol. The fourth-order valence-electron chi connectivity index (χ4n) is 5.44. The Kier molecular flexibility index (Phi) is 8.59. The summed E-state index contributed by atoms with van der Waals surface area (Å²) < 4.78 is 10.5. The first-order valence-electron chi connectivity index (χ1n) is 12.7. The molecule has 0 radical (unpaired) electrons. The lowest BCUT2D eigenvalue weighted by Gasteiger charge is -2.43. The fraction of sp³-hybridized carbons (Fsp3) is 0.464. The minimum atomic E-state index is -0.486.